The molecule has 250 valence electrons. The van der Waals surface area contributed by atoms with Crippen molar-refractivity contribution in [2.45, 2.75) is 6.17 Å². The van der Waals surface area contributed by atoms with Crippen LogP contribution in [0.4, 0.5) is 0 Å². The molecular weight excluding hydrogens is 649 g/mol. The fraction of sp³-hybridized carbons (Fsp3) is 0.0208. The Morgan fingerprint density at radius 1 is 0.491 bits per heavy atom. The summed E-state index contributed by atoms with van der Waals surface area (Å²) in [5, 5.41) is 6.90. The summed E-state index contributed by atoms with van der Waals surface area (Å²) in [4.78, 5) is 15.0. The Labute approximate surface area is 306 Å². The molecule has 1 N–H and O–H groups in total. The molecule has 1 unspecified atom stereocenters. The molecule has 53 heavy (non-hydrogen) atoms. The van der Waals surface area contributed by atoms with Gasteiger partial charge in [0.1, 0.15) is 23.2 Å². The quantitative estimate of drug-likeness (QED) is 0.190. The van der Waals surface area contributed by atoms with E-state index in [1.807, 2.05) is 60.8 Å². The Hall–Kier alpha value is -7.11. The van der Waals surface area contributed by atoms with Crippen molar-refractivity contribution in [1.82, 2.24) is 10.3 Å². The summed E-state index contributed by atoms with van der Waals surface area (Å²) in [6.07, 6.45) is 1.61. The summed E-state index contributed by atoms with van der Waals surface area (Å²) in [7, 11) is 0. The van der Waals surface area contributed by atoms with Gasteiger partial charge in [-0.1, -0.05) is 164 Å². The molecule has 0 saturated heterocycles. The van der Waals surface area contributed by atoms with Crippen molar-refractivity contribution in [3.8, 4) is 33.4 Å². The third kappa shape index (κ3) is 5.56. The smallest absolute Gasteiger partial charge is 0.159 e. The number of fused-ring (bicyclic) bond motifs is 4. The summed E-state index contributed by atoms with van der Waals surface area (Å²) in [6.45, 7) is 0. The molecule has 0 radical (unpaired) electrons. The standard InChI is InChI=1S/C48H32N4O/c1-3-11-35(12-4-1)46-50-47(36-13-5-2-6-14-36)52-48(51-46)37-26-24-33(25-27-37)43-38(29-28-34-15-10-30-49-44(34)43)31-20-22-32(23-21-31)39-17-9-18-41-40-16-7-8-19-42(40)53-45(39)41/h1-30,46H,(H,50,51,52). The van der Waals surface area contributed by atoms with E-state index in [-0.39, 0.29) is 6.17 Å². The molecule has 1 aliphatic rings. The first kappa shape index (κ1) is 30.7. The van der Waals surface area contributed by atoms with E-state index in [9.17, 15) is 0 Å². The minimum Gasteiger partial charge on any atom is -0.455 e. The number of furan rings is 1. The van der Waals surface area contributed by atoms with Gasteiger partial charge in [-0.2, -0.15) is 0 Å². The highest BCUT2D eigenvalue weighted by atomic mass is 16.3. The van der Waals surface area contributed by atoms with Crippen molar-refractivity contribution in [2.75, 3.05) is 0 Å². The molecule has 5 nitrogen and oxygen atoms in total. The highest BCUT2D eigenvalue weighted by molar-refractivity contribution is 6.13. The molecule has 5 heteroatoms. The Morgan fingerprint density at radius 2 is 1.17 bits per heavy atom. The number of rotatable bonds is 6. The Kier molecular flexibility index (Phi) is 7.47. The minimum atomic E-state index is -0.255. The maximum atomic E-state index is 6.36. The lowest BCUT2D eigenvalue weighted by molar-refractivity contribution is 0.670. The Bertz CT molecular complexity index is 2840. The lowest BCUT2D eigenvalue weighted by Crippen LogP contribution is -2.33. The first-order valence-corrected chi connectivity index (χ1v) is 17.8. The van der Waals surface area contributed by atoms with Crippen molar-refractivity contribution in [3.05, 3.63) is 199 Å². The van der Waals surface area contributed by atoms with Crippen LogP contribution in [-0.2, 0) is 0 Å². The second-order valence-electron chi connectivity index (χ2n) is 13.2. The predicted molar refractivity (Wildman–Crippen MR) is 217 cm³/mol. The van der Waals surface area contributed by atoms with Crippen molar-refractivity contribution < 1.29 is 4.42 Å². The summed E-state index contributed by atoms with van der Waals surface area (Å²) < 4.78 is 6.36. The molecule has 1 aliphatic heterocycles. The maximum absolute atomic E-state index is 6.36. The molecule has 3 heterocycles. The van der Waals surface area contributed by atoms with Gasteiger partial charge in [0.2, 0.25) is 0 Å². The third-order valence-electron chi connectivity index (χ3n) is 10.0. The molecule has 2 aromatic heterocycles. The summed E-state index contributed by atoms with van der Waals surface area (Å²) >= 11 is 0. The van der Waals surface area contributed by atoms with E-state index >= 15 is 0 Å². The van der Waals surface area contributed by atoms with Crippen LogP contribution in [0.15, 0.2) is 197 Å². The van der Waals surface area contributed by atoms with E-state index in [4.69, 9.17) is 19.4 Å². The number of aliphatic imine (C=N–C) groups is 2. The van der Waals surface area contributed by atoms with Gasteiger partial charge in [0.15, 0.2) is 5.84 Å². The van der Waals surface area contributed by atoms with Crippen LogP contribution in [0.2, 0.25) is 0 Å². The zero-order valence-corrected chi connectivity index (χ0v) is 28.6. The van der Waals surface area contributed by atoms with Crippen molar-refractivity contribution in [2.24, 2.45) is 9.98 Å². The number of nitrogens with zero attached hydrogens (tertiary/aromatic N) is 3. The molecule has 9 aromatic rings. The number of pyridine rings is 1. The SMILES string of the molecule is c1ccc(C2=NC(c3ccc(-c4c(-c5ccc(-c6cccc7c6oc6ccccc67)cc5)ccc5cccnc45)cc3)=NC(c3ccccc3)N2)cc1. The third-order valence-corrected chi connectivity index (χ3v) is 10.0. The van der Waals surface area contributed by atoms with Gasteiger partial charge in [-0.3, -0.25) is 4.98 Å². The number of nitrogens with one attached hydrogen (secondary N) is 1. The van der Waals surface area contributed by atoms with Crippen LogP contribution < -0.4 is 5.32 Å². The number of hydrogen-bond donors (Lipinski definition) is 1. The fourth-order valence-electron chi connectivity index (χ4n) is 7.40. The fourth-order valence-corrected chi connectivity index (χ4v) is 7.40. The zero-order valence-electron chi connectivity index (χ0n) is 28.6. The summed E-state index contributed by atoms with van der Waals surface area (Å²) in [5.74, 6) is 1.49. The van der Waals surface area contributed by atoms with Gasteiger partial charge >= 0.3 is 0 Å². The van der Waals surface area contributed by atoms with Crippen LogP contribution in [0.3, 0.4) is 0 Å². The van der Waals surface area contributed by atoms with E-state index in [1.54, 1.807) is 0 Å². The zero-order chi connectivity index (χ0) is 35.1. The van der Waals surface area contributed by atoms with Gasteiger partial charge in [0, 0.05) is 44.6 Å². The number of hydrogen-bond acceptors (Lipinski definition) is 5. The van der Waals surface area contributed by atoms with Crippen molar-refractivity contribution in [3.63, 3.8) is 0 Å². The van der Waals surface area contributed by atoms with Crippen molar-refractivity contribution in [1.29, 1.82) is 0 Å². The number of para-hydroxylation sites is 2. The molecule has 0 spiro atoms. The molecule has 1 atom stereocenters. The Balaban J connectivity index is 1.04. The lowest BCUT2D eigenvalue weighted by atomic mass is 9.90. The monoisotopic (exact) mass is 680 g/mol. The molecule has 0 aliphatic carbocycles. The molecule has 0 fully saturated rings. The first-order valence-electron chi connectivity index (χ1n) is 17.8. The molecule has 7 aromatic carbocycles. The summed E-state index contributed by atoms with van der Waals surface area (Å²) in [5.41, 5.74) is 12.4. The van der Waals surface area contributed by atoms with Gasteiger partial charge < -0.3 is 9.73 Å². The molecule has 0 saturated carbocycles. The van der Waals surface area contributed by atoms with Crippen molar-refractivity contribution >= 4 is 44.5 Å². The van der Waals surface area contributed by atoms with Gasteiger partial charge in [-0.05, 0) is 39.9 Å². The van der Waals surface area contributed by atoms with E-state index in [0.29, 0.717) is 5.84 Å². The summed E-state index contributed by atoms with van der Waals surface area (Å²) in [6, 6.07) is 60.9. The average Bonchev–Trinajstić information content (AvgIpc) is 3.63. The molecular formula is C48H32N4O. The number of benzene rings is 7. The second kappa shape index (κ2) is 12.9. The first-order chi connectivity index (χ1) is 26.3. The van der Waals surface area contributed by atoms with Crippen LogP contribution in [-0.4, -0.2) is 16.7 Å². The topological polar surface area (TPSA) is 62.8 Å². The van der Waals surface area contributed by atoms with Gasteiger partial charge in [-0.25, -0.2) is 9.98 Å². The van der Waals surface area contributed by atoms with Crippen LogP contribution in [0.1, 0.15) is 22.9 Å². The highest BCUT2D eigenvalue weighted by Gasteiger charge is 2.21. The van der Waals surface area contributed by atoms with E-state index in [1.165, 1.54) is 0 Å². The normalized spacial score (nSPS) is 14.2. The van der Waals surface area contributed by atoms with Gasteiger partial charge in [-0.15, -0.1) is 0 Å². The number of amidine groups is 2. The second-order valence-corrected chi connectivity index (χ2v) is 13.2. The average molecular weight is 681 g/mol. The lowest BCUT2D eigenvalue weighted by Gasteiger charge is -2.23. The van der Waals surface area contributed by atoms with E-state index in [2.05, 4.69) is 127 Å². The Morgan fingerprint density at radius 3 is 1.98 bits per heavy atom. The van der Waals surface area contributed by atoms with E-state index in [0.717, 1.165) is 88.7 Å². The van der Waals surface area contributed by atoms with Gasteiger partial charge in [0.25, 0.3) is 0 Å². The maximum Gasteiger partial charge on any atom is 0.159 e. The van der Waals surface area contributed by atoms with Crippen LogP contribution in [0, 0.1) is 0 Å². The van der Waals surface area contributed by atoms with Gasteiger partial charge in [0.05, 0.1) is 5.52 Å². The highest BCUT2D eigenvalue weighted by Crippen LogP contribution is 2.40. The van der Waals surface area contributed by atoms with Crippen LogP contribution in [0.5, 0.6) is 0 Å². The minimum absolute atomic E-state index is 0.255. The largest absolute Gasteiger partial charge is 0.455 e. The predicted octanol–water partition coefficient (Wildman–Crippen LogP) is 11.6. The molecule has 0 amide bonds. The molecule has 0 bridgehead atoms. The van der Waals surface area contributed by atoms with Crippen LogP contribution in [0.25, 0.3) is 66.2 Å². The number of aromatic nitrogens is 1. The van der Waals surface area contributed by atoms with E-state index < -0.39 is 0 Å². The molecule has 10 rings (SSSR count). The van der Waals surface area contributed by atoms with Crippen LogP contribution >= 0.6 is 0 Å².